The molecule has 80 valence electrons. The number of hydrogen-bond acceptors (Lipinski definition) is 0. The summed E-state index contributed by atoms with van der Waals surface area (Å²) in [5.74, 6) is 2.04. The molecule has 0 spiro atoms. The maximum atomic E-state index is 2.39. The van der Waals surface area contributed by atoms with Crippen molar-refractivity contribution >= 4 is 0 Å². The van der Waals surface area contributed by atoms with Gasteiger partial charge in [0.2, 0.25) is 0 Å². The number of nitrogens with zero attached hydrogens (tertiary/aromatic N) is 2. The summed E-state index contributed by atoms with van der Waals surface area (Å²) in [7, 11) is 2.13. The third-order valence-corrected chi connectivity index (χ3v) is 2.64. The number of aromatic nitrogens is 2. The molecule has 1 aromatic heterocycles. The lowest BCUT2D eigenvalue weighted by Crippen LogP contribution is -2.33. The molecule has 1 rings (SSSR count). The van der Waals surface area contributed by atoms with Crippen LogP contribution in [0.15, 0.2) is 12.4 Å². The van der Waals surface area contributed by atoms with E-state index >= 15 is 0 Å². The Morgan fingerprint density at radius 3 is 2.64 bits per heavy atom. The number of aryl methyl sites for hydroxylation is 2. The van der Waals surface area contributed by atoms with E-state index < -0.39 is 0 Å². The summed E-state index contributed by atoms with van der Waals surface area (Å²) < 4.78 is 4.62. The lowest BCUT2D eigenvalue weighted by molar-refractivity contribution is -0.680. The fourth-order valence-electron chi connectivity index (χ4n) is 2.00. The van der Waals surface area contributed by atoms with Gasteiger partial charge in [-0.1, -0.05) is 27.2 Å². The Balaban J connectivity index is 2.66. The van der Waals surface area contributed by atoms with Gasteiger partial charge in [0.05, 0.1) is 19.5 Å². The van der Waals surface area contributed by atoms with Crippen molar-refractivity contribution in [2.75, 3.05) is 0 Å². The van der Waals surface area contributed by atoms with E-state index in [1.165, 1.54) is 31.6 Å². The van der Waals surface area contributed by atoms with Crippen LogP contribution in [0.25, 0.3) is 0 Å². The Bertz CT molecular complexity index is 274. The lowest BCUT2D eigenvalue weighted by atomic mass is 10.2. The van der Waals surface area contributed by atoms with Gasteiger partial charge in [-0.25, -0.2) is 9.13 Å². The van der Waals surface area contributed by atoms with E-state index in [4.69, 9.17) is 0 Å². The number of rotatable bonds is 5. The largest absolute Gasteiger partial charge is 0.258 e. The zero-order chi connectivity index (χ0) is 10.6. The molecule has 0 N–H and O–H groups in total. The predicted molar refractivity (Wildman–Crippen MR) is 59.2 cm³/mol. The normalized spacial score (nSPS) is 11.2. The summed E-state index contributed by atoms with van der Waals surface area (Å²) in [6.07, 6.45) is 8.28. The minimum Gasteiger partial charge on any atom is -0.237 e. The van der Waals surface area contributed by atoms with Crippen molar-refractivity contribution in [2.45, 2.75) is 52.5 Å². The maximum Gasteiger partial charge on any atom is 0.258 e. The second kappa shape index (κ2) is 5.18. The molecule has 1 aromatic rings. The Morgan fingerprint density at radius 1 is 1.36 bits per heavy atom. The summed E-state index contributed by atoms with van der Waals surface area (Å²) in [6.45, 7) is 7.93. The van der Waals surface area contributed by atoms with Crippen molar-refractivity contribution < 1.29 is 4.57 Å². The molecule has 2 nitrogen and oxygen atoms in total. The second-order valence-corrected chi connectivity index (χ2v) is 4.32. The zero-order valence-corrected chi connectivity index (χ0v) is 9.95. The van der Waals surface area contributed by atoms with Crippen LogP contribution in [0.2, 0.25) is 0 Å². The predicted octanol–water partition coefficient (Wildman–Crippen LogP) is 2.63. The first-order valence-corrected chi connectivity index (χ1v) is 5.71. The van der Waals surface area contributed by atoms with Crippen LogP contribution in [0.3, 0.4) is 0 Å². The zero-order valence-electron chi connectivity index (χ0n) is 9.95. The summed E-state index contributed by atoms with van der Waals surface area (Å²) in [6, 6.07) is 0. The smallest absolute Gasteiger partial charge is 0.237 e. The van der Waals surface area contributed by atoms with Gasteiger partial charge in [-0.15, -0.1) is 0 Å². The Hall–Kier alpha value is -0.790. The minimum absolute atomic E-state index is 0.608. The van der Waals surface area contributed by atoms with Crippen molar-refractivity contribution in [1.29, 1.82) is 0 Å². The third-order valence-electron chi connectivity index (χ3n) is 2.64. The number of imidazole rings is 1. The van der Waals surface area contributed by atoms with Crippen LogP contribution in [-0.4, -0.2) is 4.57 Å². The minimum atomic E-state index is 0.608. The molecule has 0 aliphatic carbocycles. The van der Waals surface area contributed by atoms with Gasteiger partial charge < -0.3 is 0 Å². The van der Waals surface area contributed by atoms with Gasteiger partial charge in [0.25, 0.3) is 5.82 Å². The van der Waals surface area contributed by atoms with Gasteiger partial charge in [-0.2, -0.15) is 0 Å². The molecule has 0 saturated carbocycles. The summed E-state index contributed by atoms with van der Waals surface area (Å²) >= 11 is 0. The van der Waals surface area contributed by atoms with Crippen molar-refractivity contribution in [1.82, 2.24) is 4.57 Å². The van der Waals surface area contributed by atoms with Crippen LogP contribution >= 0.6 is 0 Å². The van der Waals surface area contributed by atoms with Gasteiger partial charge >= 0.3 is 0 Å². The van der Waals surface area contributed by atoms with Gasteiger partial charge in [0.1, 0.15) is 12.4 Å². The second-order valence-electron chi connectivity index (χ2n) is 4.32. The van der Waals surface area contributed by atoms with Crippen LogP contribution in [-0.2, 0) is 13.6 Å². The molecule has 0 amide bonds. The molecule has 1 heterocycles. The van der Waals surface area contributed by atoms with E-state index in [1.807, 2.05) is 0 Å². The van der Waals surface area contributed by atoms with E-state index in [0.717, 1.165) is 0 Å². The monoisotopic (exact) mass is 195 g/mol. The SMILES string of the molecule is CCCCCn1cc[n+](C)c1C(C)C. The lowest BCUT2D eigenvalue weighted by Gasteiger charge is -2.04. The van der Waals surface area contributed by atoms with E-state index in [9.17, 15) is 0 Å². The first-order valence-electron chi connectivity index (χ1n) is 5.71. The molecule has 0 bridgehead atoms. The highest BCUT2D eigenvalue weighted by molar-refractivity contribution is 4.89. The van der Waals surface area contributed by atoms with Crippen LogP contribution < -0.4 is 4.57 Å². The Morgan fingerprint density at radius 2 is 2.07 bits per heavy atom. The molecule has 0 radical (unpaired) electrons. The van der Waals surface area contributed by atoms with Gasteiger partial charge in [-0.3, -0.25) is 0 Å². The highest BCUT2D eigenvalue weighted by Crippen LogP contribution is 2.11. The Kier molecular flexibility index (Phi) is 4.18. The molecule has 2 heteroatoms. The molecule has 0 saturated heterocycles. The summed E-state index contributed by atoms with van der Waals surface area (Å²) in [5.41, 5.74) is 0. The molecule has 0 unspecified atom stereocenters. The van der Waals surface area contributed by atoms with Crippen molar-refractivity contribution in [3.63, 3.8) is 0 Å². The Labute approximate surface area is 87.6 Å². The molecule has 0 atom stereocenters. The van der Waals surface area contributed by atoms with E-state index in [1.54, 1.807) is 0 Å². The average Bonchev–Trinajstić information content (AvgIpc) is 2.47. The van der Waals surface area contributed by atoms with Crippen LogP contribution in [0.4, 0.5) is 0 Å². The molecule has 0 aromatic carbocycles. The number of hydrogen-bond donors (Lipinski definition) is 0. The van der Waals surface area contributed by atoms with Crippen LogP contribution in [0.5, 0.6) is 0 Å². The highest BCUT2D eigenvalue weighted by atomic mass is 15.1. The van der Waals surface area contributed by atoms with Gasteiger partial charge in [0, 0.05) is 0 Å². The van der Waals surface area contributed by atoms with Gasteiger partial charge in [-0.05, 0) is 12.8 Å². The number of unbranched alkanes of at least 4 members (excludes halogenated alkanes) is 2. The third kappa shape index (κ3) is 2.60. The standard InChI is InChI=1S/C12H23N2/c1-5-6-7-8-14-10-9-13(4)12(14)11(2)3/h9-11H,5-8H2,1-4H3/q+1. The van der Waals surface area contributed by atoms with Crippen molar-refractivity contribution in [2.24, 2.45) is 7.05 Å². The van der Waals surface area contributed by atoms with Crippen LogP contribution in [0, 0.1) is 0 Å². The average molecular weight is 195 g/mol. The van der Waals surface area contributed by atoms with Crippen molar-refractivity contribution in [3.05, 3.63) is 18.2 Å². The molecular weight excluding hydrogens is 172 g/mol. The van der Waals surface area contributed by atoms with E-state index in [0.29, 0.717) is 5.92 Å². The fourth-order valence-corrected chi connectivity index (χ4v) is 2.00. The van der Waals surface area contributed by atoms with Crippen LogP contribution in [0.1, 0.15) is 51.8 Å². The van der Waals surface area contributed by atoms with E-state index in [2.05, 4.69) is 49.3 Å². The van der Waals surface area contributed by atoms with E-state index in [-0.39, 0.29) is 0 Å². The first kappa shape index (κ1) is 11.3. The molecular formula is C12H23N2+. The molecule has 0 fully saturated rings. The summed E-state index contributed by atoms with van der Waals surface area (Å²) in [4.78, 5) is 0. The van der Waals surface area contributed by atoms with Crippen molar-refractivity contribution in [3.8, 4) is 0 Å². The quantitative estimate of drug-likeness (QED) is 0.504. The highest BCUT2D eigenvalue weighted by Gasteiger charge is 2.17. The van der Waals surface area contributed by atoms with Gasteiger partial charge in [0.15, 0.2) is 0 Å². The first-order chi connectivity index (χ1) is 6.66. The molecule has 0 aliphatic heterocycles. The topological polar surface area (TPSA) is 8.81 Å². The fraction of sp³-hybridized carbons (Fsp3) is 0.750. The maximum absolute atomic E-state index is 2.39. The summed E-state index contributed by atoms with van der Waals surface area (Å²) in [5, 5.41) is 0. The molecule has 14 heavy (non-hydrogen) atoms. The molecule has 0 aliphatic rings.